The molecule has 0 aromatic carbocycles. The summed E-state index contributed by atoms with van der Waals surface area (Å²) in [5, 5.41) is 0. The molecule has 1 saturated heterocycles. The van der Waals surface area contributed by atoms with Crippen LogP contribution in [-0.4, -0.2) is 29.6 Å². The largest absolute Gasteiger partial charge is 0.514 e. The molecule has 0 aliphatic carbocycles. The fourth-order valence-electron chi connectivity index (χ4n) is 1.63. The number of pyridine rings is 1. The first-order valence-corrected chi connectivity index (χ1v) is 5.62. The van der Waals surface area contributed by atoms with Crippen molar-refractivity contribution in [2.45, 2.75) is 38.9 Å². The lowest BCUT2D eigenvalue weighted by Crippen LogP contribution is -2.41. The zero-order valence-corrected chi connectivity index (χ0v) is 10.6. The van der Waals surface area contributed by atoms with Gasteiger partial charge in [0.05, 0.1) is 16.8 Å². The summed E-state index contributed by atoms with van der Waals surface area (Å²) >= 11 is 0. The Kier molecular flexibility index (Phi) is 2.83. The zero-order valence-electron chi connectivity index (χ0n) is 10.6. The van der Waals surface area contributed by atoms with Crippen molar-refractivity contribution >= 4 is 19.0 Å². The van der Waals surface area contributed by atoms with E-state index in [-0.39, 0.29) is 0 Å². The minimum absolute atomic E-state index is 0.392. The molecule has 1 aliphatic heterocycles. The monoisotopic (exact) mass is 233 g/mol. The Labute approximate surface area is 101 Å². The molecular formula is C12H16BNO3. The summed E-state index contributed by atoms with van der Waals surface area (Å²) in [7, 11) is -0.514. The average molecular weight is 233 g/mol. The van der Waals surface area contributed by atoms with Crippen LogP contribution in [0.3, 0.4) is 0 Å². The molecule has 90 valence electrons. The molecule has 2 heterocycles. The van der Waals surface area contributed by atoms with Crippen LogP contribution in [-0.2, 0) is 9.31 Å². The Morgan fingerprint density at radius 2 is 1.82 bits per heavy atom. The van der Waals surface area contributed by atoms with Crippen LogP contribution in [0.4, 0.5) is 0 Å². The predicted octanol–water partition coefficient (Wildman–Crippen LogP) is 1.19. The van der Waals surface area contributed by atoms with E-state index >= 15 is 0 Å². The first-order chi connectivity index (χ1) is 7.86. The van der Waals surface area contributed by atoms with Crippen LogP contribution in [0.5, 0.6) is 0 Å². The van der Waals surface area contributed by atoms with Crippen molar-refractivity contribution in [3.05, 3.63) is 23.9 Å². The number of carbonyl (C=O) groups excluding carboxylic acids is 1. The number of nitrogens with zero attached hydrogens (tertiary/aromatic N) is 1. The number of rotatable bonds is 2. The van der Waals surface area contributed by atoms with E-state index in [1.54, 1.807) is 18.3 Å². The van der Waals surface area contributed by atoms with Gasteiger partial charge < -0.3 is 9.31 Å². The van der Waals surface area contributed by atoms with E-state index in [1.807, 2.05) is 27.7 Å². The van der Waals surface area contributed by atoms with Crippen LogP contribution in [0.25, 0.3) is 0 Å². The summed E-state index contributed by atoms with van der Waals surface area (Å²) in [4.78, 5) is 14.9. The van der Waals surface area contributed by atoms with Crippen molar-refractivity contribution in [1.82, 2.24) is 4.98 Å². The second kappa shape index (κ2) is 3.93. The molecule has 17 heavy (non-hydrogen) atoms. The smallest absolute Gasteiger partial charge is 0.398 e. The average Bonchev–Trinajstić information content (AvgIpc) is 2.48. The third kappa shape index (κ3) is 2.12. The van der Waals surface area contributed by atoms with Crippen molar-refractivity contribution in [2.24, 2.45) is 0 Å². The Balaban J connectivity index is 2.28. The Morgan fingerprint density at radius 3 is 2.35 bits per heavy atom. The van der Waals surface area contributed by atoms with Crippen LogP contribution in [0, 0.1) is 0 Å². The molecule has 1 aliphatic rings. The van der Waals surface area contributed by atoms with Gasteiger partial charge in [0.2, 0.25) is 0 Å². The molecule has 0 spiro atoms. The molecule has 0 amide bonds. The second-order valence-electron chi connectivity index (χ2n) is 5.22. The molecular weight excluding hydrogens is 217 g/mol. The molecule has 0 unspecified atom stereocenters. The van der Waals surface area contributed by atoms with Gasteiger partial charge in [-0.3, -0.25) is 9.78 Å². The molecule has 4 nitrogen and oxygen atoms in total. The number of hydrogen-bond donors (Lipinski definition) is 0. The first kappa shape index (κ1) is 12.3. The molecule has 0 radical (unpaired) electrons. The molecule has 0 N–H and O–H groups in total. The number of hydrogen-bond acceptors (Lipinski definition) is 4. The molecule has 0 bridgehead atoms. The quantitative estimate of drug-likeness (QED) is 0.568. The summed E-state index contributed by atoms with van der Waals surface area (Å²) < 4.78 is 11.7. The number of aromatic nitrogens is 1. The fourth-order valence-corrected chi connectivity index (χ4v) is 1.63. The highest BCUT2D eigenvalue weighted by Gasteiger charge is 2.52. The molecule has 1 aromatic rings. The second-order valence-corrected chi connectivity index (χ2v) is 5.22. The maximum absolute atomic E-state index is 10.7. The van der Waals surface area contributed by atoms with Crippen LogP contribution >= 0.6 is 0 Å². The normalized spacial score (nSPS) is 21.5. The lowest BCUT2D eigenvalue weighted by Gasteiger charge is -2.32. The van der Waals surface area contributed by atoms with Gasteiger partial charge in [0.15, 0.2) is 0 Å². The SMILES string of the molecule is CC1(C)OB(c2cc(C=O)ccn2)OC1(C)C. The van der Waals surface area contributed by atoms with Gasteiger partial charge in [-0.05, 0) is 39.8 Å². The Bertz CT molecular complexity index is 429. The first-order valence-electron chi connectivity index (χ1n) is 5.62. The summed E-state index contributed by atoms with van der Waals surface area (Å²) in [5.74, 6) is 0. The lowest BCUT2D eigenvalue weighted by atomic mass is 9.83. The summed E-state index contributed by atoms with van der Waals surface area (Å²) in [6.45, 7) is 7.93. The van der Waals surface area contributed by atoms with Gasteiger partial charge in [-0.2, -0.15) is 0 Å². The topological polar surface area (TPSA) is 48.4 Å². The van der Waals surface area contributed by atoms with E-state index in [9.17, 15) is 4.79 Å². The van der Waals surface area contributed by atoms with E-state index in [0.29, 0.717) is 11.2 Å². The highest BCUT2D eigenvalue weighted by atomic mass is 16.7. The van der Waals surface area contributed by atoms with Gasteiger partial charge in [-0.25, -0.2) is 0 Å². The van der Waals surface area contributed by atoms with E-state index in [0.717, 1.165) is 6.29 Å². The molecule has 1 fully saturated rings. The van der Waals surface area contributed by atoms with Crippen LogP contribution in [0.1, 0.15) is 38.1 Å². The van der Waals surface area contributed by atoms with Gasteiger partial charge in [-0.15, -0.1) is 0 Å². The Morgan fingerprint density at radius 1 is 1.24 bits per heavy atom. The van der Waals surface area contributed by atoms with Crippen molar-refractivity contribution < 1.29 is 14.1 Å². The van der Waals surface area contributed by atoms with Crippen LogP contribution in [0.15, 0.2) is 18.3 Å². The van der Waals surface area contributed by atoms with Gasteiger partial charge in [-0.1, -0.05) is 0 Å². The lowest BCUT2D eigenvalue weighted by molar-refractivity contribution is 0.00578. The Hall–Kier alpha value is -1.20. The van der Waals surface area contributed by atoms with E-state index in [2.05, 4.69) is 4.98 Å². The summed E-state index contributed by atoms with van der Waals surface area (Å²) in [6, 6.07) is 3.34. The van der Waals surface area contributed by atoms with Crippen molar-refractivity contribution in [1.29, 1.82) is 0 Å². The summed E-state index contributed by atoms with van der Waals surface area (Å²) in [5.41, 5.74) is 0.422. The molecule has 0 saturated carbocycles. The van der Waals surface area contributed by atoms with Gasteiger partial charge >= 0.3 is 7.12 Å². The van der Waals surface area contributed by atoms with Gasteiger partial charge in [0.1, 0.15) is 6.29 Å². The van der Waals surface area contributed by atoms with Gasteiger partial charge in [0, 0.05) is 11.8 Å². The van der Waals surface area contributed by atoms with E-state index in [1.165, 1.54) is 0 Å². The minimum atomic E-state index is -0.514. The highest BCUT2D eigenvalue weighted by Crippen LogP contribution is 2.36. The van der Waals surface area contributed by atoms with E-state index in [4.69, 9.17) is 9.31 Å². The molecule has 2 rings (SSSR count). The maximum Gasteiger partial charge on any atom is 0.514 e. The standard InChI is InChI=1S/C12H16BNO3/c1-11(2)12(3,4)17-13(16-11)10-7-9(8-15)5-6-14-10/h5-8H,1-4H3. The third-order valence-corrected chi connectivity index (χ3v) is 3.44. The van der Waals surface area contributed by atoms with Crippen molar-refractivity contribution in [2.75, 3.05) is 0 Å². The maximum atomic E-state index is 10.7. The van der Waals surface area contributed by atoms with Gasteiger partial charge in [0.25, 0.3) is 0 Å². The van der Waals surface area contributed by atoms with Crippen molar-refractivity contribution in [3.63, 3.8) is 0 Å². The predicted molar refractivity (Wildman–Crippen MR) is 65.3 cm³/mol. The molecule has 0 atom stereocenters. The third-order valence-electron chi connectivity index (χ3n) is 3.44. The molecule has 5 heteroatoms. The number of aldehydes is 1. The minimum Gasteiger partial charge on any atom is -0.398 e. The highest BCUT2D eigenvalue weighted by molar-refractivity contribution is 6.61. The summed E-state index contributed by atoms with van der Waals surface area (Å²) in [6.07, 6.45) is 2.38. The van der Waals surface area contributed by atoms with Crippen molar-refractivity contribution in [3.8, 4) is 0 Å². The van der Waals surface area contributed by atoms with Crippen LogP contribution in [0.2, 0.25) is 0 Å². The van der Waals surface area contributed by atoms with Crippen LogP contribution < -0.4 is 5.59 Å². The fraction of sp³-hybridized carbons (Fsp3) is 0.500. The van der Waals surface area contributed by atoms with E-state index < -0.39 is 18.3 Å². The number of carbonyl (C=O) groups is 1. The molecule has 1 aromatic heterocycles. The zero-order chi connectivity index (χ0) is 12.7.